The Labute approximate surface area is 111 Å². The highest BCUT2D eigenvalue weighted by Crippen LogP contribution is 2.46. The van der Waals surface area contributed by atoms with Crippen molar-refractivity contribution in [2.24, 2.45) is 0 Å². The number of ether oxygens (including phenoxy) is 2. The fourth-order valence-electron chi connectivity index (χ4n) is 2.49. The molecule has 0 radical (unpaired) electrons. The van der Waals surface area contributed by atoms with Crippen LogP contribution in [0.2, 0.25) is 0 Å². The van der Waals surface area contributed by atoms with Crippen molar-refractivity contribution in [2.45, 2.75) is 12.0 Å². The highest BCUT2D eigenvalue weighted by molar-refractivity contribution is 5.81. The van der Waals surface area contributed by atoms with Crippen LogP contribution >= 0.6 is 0 Å². The van der Waals surface area contributed by atoms with Crippen molar-refractivity contribution in [3.05, 3.63) is 65.7 Å². The molecular weight excluding hydrogens is 240 g/mol. The molecule has 0 aliphatic carbocycles. The largest absolute Gasteiger partial charge is 0.484 e. The van der Waals surface area contributed by atoms with Gasteiger partial charge in [0.2, 0.25) is 0 Å². The number of carbonyl (C=O) groups excluding carboxylic acids is 1. The summed E-state index contributed by atoms with van der Waals surface area (Å²) in [6, 6.07) is 17.4. The molecular formula is C16H14O3. The van der Waals surface area contributed by atoms with Gasteiger partial charge in [-0.3, -0.25) is 4.79 Å². The summed E-state index contributed by atoms with van der Waals surface area (Å²) in [4.78, 5) is 12.1. The van der Waals surface area contributed by atoms with E-state index >= 15 is 0 Å². The van der Waals surface area contributed by atoms with Crippen molar-refractivity contribution >= 4 is 5.97 Å². The molecule has 0 saturated heterocycles. The summed E-state index contributed by atoms with van der Waals surface area (Å²) < 4.78 is 10.9. The first kappa shape index (κ1) is 11.8. The summed E-state index contributed by atoms with van der Waals surface area (Å²) in [7, 11) is 1.41. The van der Waals surface area contributed by atoms with Crippen LogP contribution < -0.4 is 4.74 Å². The van der Waals surface area contributed by atoms with E-state index in [-0.39, 0.29) is 12.1 Å². The lowest BCUT2D eigenvalue weighted by molar-refractivity contribution is -0.144. The number of carbonyl (C=O) groups is 1. The zero-order valence-electron chi connectivity index (χ0n) is 10.6. The van der Waals surface area contributed by atoms with Crippen molar-refractivity contribution in [1.29, 1.82) is 0 Å². The zero-order chi connectivity index (χ0) is 13.2. The molecule has 96 valence electrons. The average molecular weight is 254 g/mol. The van der Waals surface area contributed by atoms with Gasteiger partial charge in [0.25, 0.3) is 0 Å². The Balaban J connectivity index is 2.05. The molecule has 0 fully saturated rings. The monoisotopic (exact) mass is 254 g/mol. The van der Waals surface area contributed by atoms with Crippen LogP contribution in [0.25, 0.3) is 0 Å². The second-order valence-electron chi connectivity index (χ2n) is 4.49. The molecule has 3 rings (SSSR count). The second kappa shape index (κ2) is 4.76. The van der Waals surface area contributed by atoms with Crippen LogP contribution in [-0.2, 0) is 9.53 Å². The van der Waals surface area contributed by atoms with Gasteiger partial charge in [0.05, 0.1) is 7.11 Å². The van der Waals surface area contributed by atoms with Gasteiger partial charge in [0.15, 0.2) is 0 Å². The number of esters is 1. The molecule has 2 aromatic rings. The van der Waals surface area contributed by atoms with Gasteiger partial charge in [0, 0.05) is 5.56 Å². The number of hydrogen-bond acceptors (Lipinski definition) is 3. The summed E-state index contributed by atoms with van der Waals surface area (Å²) in [5, 5.41) is 0. The molecule has 0 N–H and O–H groups in total. The van der Waals surface area contributed by atoms with E-state index in [1.807, 2.05) is 54.6 Å². The smallest absolute Gasteiger partial charge is 0.317 e. The van der Waals surface area contributed by atoms with Crippen molar-refractivity contribution in [3.63, 3.8) is 0 Å². The lowest BCUT2D eigenvalue weighted by Gasteiger charge is -2.17. The first-order chi connectivity index (χ1) is 9.31. The fraction of sp³-hybridized carbons (Fsp3) is 0.188. The lowest BCUT2D eigenvalue weighted by atomic mass is 9.91. The third-order valence-corrected chi connectivity index (χ3v) is 3.39. The van der Waals surface area contributed by atoms with Crippen LogP contribution in [-0.4, -0.2) is 13.1 Å². The van der Waals surface area contributed by atoms with E-state index in [2.05, 4.69) is 0 Å². The van der Waals surface area contributed by atoms with E-state index in [0.717, 1.165) is 16.9 Å². The van der Waals surface area contributed by atoms with Crippen molar-refractivity contribution < 1.29 is 14.3 Å². The highest BCUT2D eigenvalue weighted by Gasteiger charge is 2.40. The summed E-state index contributed by atoms with van der Waals surface area (Å²) in [6.45, 7) is 0. The molecule has 1 aliphatic rings. The molecule has 1 aliphatic heterocycles. The van der Waals surface area contributed by atoms with Gasteiger partial charge >= 0.3 is 5.97 Å². The van der Waals surface area contributed by atoms with Crippen LogP contribution in [0.5, 0.6) is 5.75 Å². The van der Waals surface area contributed by atoms with E-state index in [4.69, 9.17) is 9.47 Å². The summed E-state index contributed by atoms with van der Waals surface area (Å²) in [6.07, 6.45) is -0.314. The van der Waals surface area contributed by atoms with Gasteiger partial charge in [-0.25, -0.2) is 0 Å². The van der Waals surface area contributed by atoms with Gasteiger partial charge in [-0.05, 0) is 11.6 Å². The summed E-state index contributed by atoms with van der Waals surface area (Å²) in [5.41, 5.74) is 1.87. The molecule has 2 aromatic carbocycles. The molecule has 0 saturated carbocycles. The Morgan fingerprint density at radius 2 is 1.74 bits per heavy atom. The van der Waals surface area contributed by atoms with Gasteiger partial charge < -0.3 is 9.47 Å². The van der Waals surface area contributed by atoms with Crippen molar-refractivity contribution in [1.82, 2.24) is 0 Å². The standard InChI is InChI=1S/C16H14O3/c1-18-16(17)14-12-9-5-6-10-13(12)19-15(14)11-7-3-2-4-8-11/h2-10,14-15H,1H3/t14-,15-/m0/s1. The Morgan fingerprint density at radius 1 is 1.05 bits per heavy atom. The van der Waals surface area contributed by atoms with Crippen molar-refractivity contribution in [2.75, 3.05) is 7.11 Å². The maximum Gasteiger partial charge on any atom is 0.317 e. The summed E-state index contributed by atoms with van der Waals surface area (Å²) in [5.74, 6) is 0.0918. The third-order valence-electron chi connectivity index (χ3n) is 3.39. The van der Waals surface area contributed by atoms with Gasteiger partial charge in [-0.2, -0.15) is 0 Å². The Hall–Kier alpha value is -2.29. The van der Waals surface area contributed by atoms with E-state index in [1.54, 1.807) is 0 Å². The van der Waals surface area contributed by atoms with Gasteiger partial charge in [-0.15, -0.1) is 0 Å². The fourth-order valence-corrected chi connectivity index (χ4v) is 2.49. The van der Waals surface area contributed by atoms with Crippen LogP contribution in [0.4, 0.5) is 0 Å². The van der Waals surface area contributed by atoms with Gasteiger partial charge in [-0.1, -0.05) is 48.5 Å². The zero-order valence-corrected chi connectivity index (χ0v) is 10.6. The predicted molar refractivity (Wildman–Crippen MR) is 71.0 cm³/mol. The minimum atomic E-state index is -0.399. The molecule has 1 heterocycles. The molecule has 3 nitrogen and oxygen atoms in total. The minimum absolute atomic E-state index is 0.265. The van der Waals surface area contributed by atoms with Gasteiger partial charge in [0.1, 0.15) is 17.8 Å². The minimum Gasteiger partial charge on any atom is -0.484 e. The SMILES string of the molecule is COC(=O)[C@H]1c2ccccc2O[C@H]1c1ccccc1. The van der Waals surface area contributed by atoms with Crippen LogP contribution in [0.1, 0.15) is 23.1 Å². The maximum absolute atomic E-state index is 12.1. The highest BCUT2D eigenvalue weighted by atomic mass is 16.5. The van der Waals surface area contributed by atoms with E-state index in [9.17, 15) is 4.79 Å². The van der Waals surface area contributed by atoms with E-state index in [0.29, 0.717) is 0 Å². The molecule has 0 amide bonds. The molecule has 0 bridgehead atoms. The quantitative estimate of drug-likeness (QED) is 0.773. The van der Waals surface area contributed by atoms with Crippen molar-refractivity contribution in [3.8, 4) is 5.75 Å². The number of hydrogen-bond donors (Lipinski definition) is 0. The van der Waals surface area contributed by atoms with Crippen LogP contribution in [0.3, 0.4) is 0 Å². The molecule has 19 heavy (non-hydrogen) atoms. The van der Waals surface area contributed by atoms with E-state index < -0.39 is 5.92 Å². The number of benzene rings is 2. The summed E-state index contributed by atoms with van der Waals surface area (Å²) >= 11 is 0. The first-order valence-electron chi connectivity index (χ1n) is 6.19. The Bertz CT molecular complexity index is 592. The Kier molecular flexibility index (Phi) is 2.95. The number of fused-ring (bicyclic) bond motifs is 1. The molecule has 0 unspecified atom stereocenters. The van der Waals surface area contributed by atoms with E-state index in [1.165, 1.54) is 7.11 Å². The normalized spacial score (nSPS) is 20.5. The predicted octanol–water partition coefficient (Wildman–Crippen LogP) is 3.08. The molecule has 0 spiro atoms. The maximum atomic E-state index is 12.1. The molecule has 3 heteroatoms. The second-order valence-corrected chi connectivity index (χ2v) is 4.49. The topological polar surface area (TPSA) is 35.5 Å². The lowest BCUT2D eigenvalue weighted by Crippen LogP contribution is -2.20. The number of para-hydroxylation sites is 1. The Morgan fingerprint density at radius 3 is 2.47 bits per heavy atom. The van der Waals surface area contributed by atoms with Crippen LogP contribution in [0, 0.1) is 0 Å². The third kappa shape index (κ3) is 1.97. The average Bonchev–Trinajstić information content (AvgIpc) is 2.87. The number of methoxy groups -OCH3 is 1. The molecule has 2 atom stereocenters. The first-order valence-corrected chi connectivity index (χ1v) is 6.19. The molecule has 0 aromatic heterocycles. The van der Waals surface area contributed by atoms with Crippen LogP contribution in [0.15, 0.2) is 54.6 Å². The number of rotatable bonds is 2.